The maximum atomic E-state index is 11.8. The van der Waals surface area contributed by atoms with Gasteiger partial charge in [0.15, 0.2) is 0 Å². The summed E-state index contributed by atoms with van der Waals surface area (Å²) in [5.74, 6) is 0.384. The lowest BCUT2D eigenvalue weighted by Gasteiger charge is -2.15. The van der Waals surface area contributed by atoms with Gasteiger partial charge in [0.05, 0.1) is 18.9 Å². The fraction of sp³-hybridized carbons (Fsp3) is 0.294. The van der Waals surface area contributed by atoms with E-state index < -0.39 is 5.97 Å². The van der Waals surface area contributed by atoms with E-state index in [1.807, 2.05) is 39.0 Å². The average molecular weight is 300 g/mol. The Morgan fingerprint density at radius 2 is 2.05 bits per heavy atom. The van der Waals surface area contributed by atoms with Gasteiger partial charge in [0.1, 0.15) is 11.3 Å². The number of esters is 1. The van der Waals surface area contributed by atoms with Crippen LogP contribution >= 0.6 is 0 Å². The molecule has 1 aromatic carbocycles. The van der Waals surface area contributed by atoms with E-state index in [9.17, 15) is 4.79 Å². The molecule has 0 aliphatic carbocycles. The van der Waals surface area contributed by atoms with Gasteiger partial charge in [-0.15, -0.1) is 0 Å². The fourth-order valence-corrected chi connectivity index (χ4v) is 1.99. The predicted octanol–water partition coefficient (Wildman–Crippen LogP) is 3.71. The Morgan fingerprint density at radius 1 is 1.27 bits per heavy atom. The molecule has 2 aromatic rings. The van der Waals surface area contributed by atoms with E-state index in [1.54, 1.807) is 12.3 Å². The Bertz CT molecular complexity index is 669. The van der Waals surface area contributed by atoms with Crippen molar-refractivity contribution < 1.29 is 14.3 Å². The normalized spacial score (nSPS) is 10.4. The molecule has 0 saturated carbocycles. The van der Waals surface area contributed by atoms with Gasteiger partial charge in [-0.1, -0.05) is 6.07 Å². The number of carbonyl (C=O) groups excluding carboxylic acids is 1. The van der Waals surface area contributed by atoms with E-state index in [4.69, 9.17) is 9.47 Å². The fourth-order valence-electron chi connectivity index (χ4n) is 1.99. The molecule has 5 heteroatoms. The number of methoxy groups -OCH3 is 1. The smallest absolute Gasteiger partial charge is 0.341 e. The molecular formula is C17H20N2O3. The van der Waals surface area contributed by atoms with Crippen molar-refractivity contribution >= 4 is 17.3 Å². The number of nitrogens with zero attached hydrogens (tertiary/aromatic N) is 1. The van der Waals surface area contributed by atoms with Crippen LogP contribution in [-0.4, -0.2) is 24.2 Å². The van der Waals surface area contributed by atoms with Gasteiger partial charge in [-0.2, -0.15) is 0 Å². The number of pyridine rings is 1. The summed E-state index contributed by atoms with van der Waals surface area (Å²) in [6.45, 7) is 5.96. The van der Waals surface area contributed by atoms with Crippen molar-refractivity contribution in [2.45, 2.75) is 26.9 Å². The number of aryl methyl sites for hydroxylation is 1. The molecule has 1 N–H and O–H groups in total. The summed E-state index contributed by atoms with van der Waals surface area (Å²) in [6, 6.07) is 7.55. The Morgan fingerprint density at radius 3 is 2.73 bits per heavy atom. The molecule has 1 heterocycles. The number of nitrogens with one attached hydrogen (secondary N) is 1. The second-order valence-electron chi connectivity index (χ2n) is 5.18. The number of carbonyl (C=O) groups is 1. The van der Waals surface area contributed by atoms with Crippen LogP contribution in [0, 0.1) is 6.92 Å². The third-order valence-electron chi connectivity index (χ3n) is 3.06. The molecule has 2 rings (SSSR count). The summed E-state index contributed by atoms with van der Waals surface area (Å²) in [7, 11) is 1.35. The summed E-state index contributed by atoms with van der Waals surface area (Å²) in [5.41, 5.74) is 2.91. The van der Waals surface area contributed by atoms with Crippen molar-refractivity contribution in [1.82, 2.24) is 4.98 Å². The van der Waals surface area contributed by atoms with Crippen LogP contribution in [-0.2, 0) is 4.74 Å². The van der Waals surface area contributed by atoms with Gasteiger partial charge >= 0.3 is 5.97 Å². The van der Waals surface area contributed by atoms with Gasteiger partial charge < -0.3 is 14.8 Å². The Balaban J connectivity index is 2.30. The Kier molecular flexibility index (Phi) is 4.99. The maximum absolute atomic E-state index is 11.8. The van der Waals surface area contributed by atoms with Crippen LogP contribution in [0.15, 0.2) is 36.7 Å². The molecule has 0 spiro atoms. The SMILES string of the molecule is COC(=O)c1cnccc1Nc1ccc(C)c(OC(C)C)c1. The van der Waals surface area contributed by atoms with Crippen LogP contribution < -0.4 is 10.1 Å². The predicted molar refractivity (Wildman–Crippen MR) is 85.8 cm³/mol. The number of hydrogen-bond donors (Lipinski definition) is 1. The zero-order chi connectivity index (χ0) is 16.1. The summed E-state index contributed by atoms with van der Waals surface area (Å²) in [4.78, 5) is 15.7. The summed E-state index contributed by atoms with van der Waals surface area (Å²) >= 11 is 0. The second kappa shape index (κ2) is 6.93. The Labute approximate surface area is 130 Å². The van der Waals surface area contributed by atoms with E-state index in [1.165, 1.54) is 13.3 Å². The van der Waals surface area contributed by atoms with Crippen molar-refractivity contribution in [3.63, 3.8) is 0 Å². The molecular weight excluding hydrogens is 280 g/mol. The van der Waals surface area contributed by atoms with E-state index in [-0.39, 0.29) is 6.10 Å². The largest absolute Gasteiger partial charge is 0.491 e. The molecule has 0 saturated heterocycles. The molecule has 5 nitrogen and oxygen atoms in total. The first kappa shape index (κ1) is 15.8. The summed E-state index contributed by atoms with van der Waals surface area (Å²) < 4.78 is 10.5. The number of anilines is 2. The van der Waals surface area contributed by atoms with Crippen molar-refractivity contribution in [1.29, 1.82) is 0 Å². The van der Waals surface area contributed by atoms with Crippen molar-refractivity contribution in [3.05, 3.63) is 47.8 Å². The van der Waals surface area contributed by atoms with E-state index in [2.05, 4.69) is 10.3 Å². The molecule has 0 radical (unpaired) electrons. The lowest BCUT2D eigenvalue weighted by atomic mass is 10.1. The van der Waals surface area contributed by atoms with Gasteiger partial charge in [-0.05, 0) is 38.5 Å². The highest BCUT2D eigenvalue weighted by molar-refractivity contribution is 5.96. The first-order chi connectivity index (χ1) is 10.5. The number of benzene rings is 1. The van der Waals surface area contributed by atoms with Gasteiger partial charge in [-0.25, -0.2) is 4.79 Å². The number of hydrogen-bond acceptors (Lipinski definition) is 5. The Hall–Kier alpha value is -2.56. The highest BCUT2D eigenvalue weighted by Gasteiger charge is 2.12. The highest BCUT2D eigenvalue weighted by Crippen LogP contribution is 2.27. The molecule has 0 atom stereocenters. The molecule has 0 unspecified atom stereocenters. The first-order valence-corrected chi connectivity index (χ1v) is 7.08. The average Bonchev–Trinajstić information content (AvgIpc) is 2.50. The highest BCUT2D eigenvalue weighted by atomic mass is 16.5. The maximum Gasteiger partial charge on any atom is 0.341 e. The third kappa shape index (κ3) is 3.75. The van der Waals surface area contributed by atoms with Crippen LogP contribution in [0.2, 0.25) is 0 Å². The lowest BCUT2D eigenvalue weighted by Crippen LogP contribution is -2.08. The quantitative estimate of drug-likeness (QED) is 0.853. The van der Waals surface area contributed by atoms with Crippen LogP contribution in [0.5, 0.6) is 5.75 Å². The molecule has 0 aliphatic heterocycles. The van der Waals surface area contributed by atoms with Gasteiger partial charge in [0, 0.05) is 24.1 Å². The molecule has 0 amide bonds. The molecule has 0 aliphatic rings. The van der Waals surface area contributed by atoms with Crippen molar-refractivity contribution in [3.8, 4) is 5.75 Å². The monoisotopic (exact) mass is 300 g/mol. The number of ether oxygens (including phenoxy) is 2. The molecule has 0 bridgehead atoms. The van der Waals surface area contributed by atoms with Gasteiger partial charge in [0.25, 0.3) is 0 Å². The number of aromatic nitrogens is 1. The van der Waals surface area contributed by atoms with E-state index >= 15 is 0 Å². The van der Waals surface area contributed by atoms with Crippen molar-refractivity contribution in [2.75, 3.05) is 12.4 Å². The topological polar surface area (TPSA) is 60.5 Å². The first-order valence-electron chi connectivity index (χ1n) is 7.08. The minimum Gasteiger partial charge on any atom is -0.491 e. The van der Waals surface area contributed by atoms with Crippen LogP contribution in [0.4, 0.5) is 11.4 Å². The van der Waals surface area contributed by atoms with E-state index in [0.29, 0.717) is 11.3 Å². The van der Waals surface area contributed by atoms with Crippen LogP contribution in [0.25, 0.3) is 0 Å². The molecule has 0 fully saturated rings. The van der Waals surface area contributed by atoms with E-state index in [0.717, 1.165) is 17.0 Å². The van der Waals surface area contributed by atoms with Crippen molar-refractivity contribution in [2.24, 2.45) is 0 Å². The van der Waals surface area contributed by atoms with Gasteiger partial charge in [0.2, 0.25) is 0 Å². The second-order valence-corrected chi connectivity index (χ2v) is 5.18. The zero-order valence-electron chi connectivity index (χ0n) is 13.2. The minimum atomic E-state index is -0.429. The number of rotatable bonds is 5. The molecule has 22 heavy (non-hydrogen) atoms. The van der Waals surface area contributed by atoms with Crippen LogP contribution in [0.3, 0.4) is 0 Å². The molecule has 116 valence electrons. The summed E-state index contributed by atoms with van der Waals surface area (Å²) in [5, 5.41) is 3.21. The summed E-state index contributed by atoms with van der Waals surface area (Å²) in [6.07, 6.45) is 3.20. The lowest BCUT2D eigenvalue weighted by molar-refractivity contribution is 0.0601. The zero-order valence-corrected chi connectivity index (χ0v) is 13.2. The standard InChI is InChI=1S/C17H20N2O3/c1-11(2)22-16-9-13(6-5-12(16)3)19-15-7-8-18-10-14(15)17(20)21-4/h5-11H,1-4H3,(H,18,19). The van der Waals surface area contributed by atoms with Gasteiger partial charge in [-0.3, -0.25) is 4.98 Å². The minimum absolute atomic E-state index is 0.0977. The van der Waals surface area contributed by atoms with Crippen LogP contribution in [0.1, 0.15) is 29.8 Å². The molecule has 1 aromatic heterocycles. The third-order valence-corrected chi connectivity index (χ3v) is 3.06.